The number of sulfone groups is 1. The first-order chi connectivity index (χ1) is 5.61. The van der Waals surface area contributed by atoms with E-state index in [9.17, 15) is 8.42 Å². The molecule has 0 amide bonds. The van der Waals surface area contributed by atoms with Gasteiger partial charge in [-0.15, -0.1) is 22.9 Å². The van der Waals surface area contributed by atoms with Gasteiger partial charge < -0.3 is 0 Å². The second-order valence-corrected chi connectivity index (χ2v) is 6.49. The average molecular weight is 223 g/mol. The maximum atomic E-state index is 11.4. The molecule has 0 spiro atoms. The molecule has 0 aliphatic carbocycles. The summed E-state index contributed by atoms with van der Waals surface area (Å²) in [7, 11) is -3.00. The van der Waals surface area contributed by atoms with Crippen molar-refractivity contribution >= 4 is 32.8 Å². The molecule has 1 atom stereocenters. The van der Waals surface area contributed by atoms with Crippen LogP contribution >= 0.6 is 22.9 Å². The summed E-state index contributed by atoms with van der Waals surface area (Å²) in [5.74, 6) is 0.189. The molecule has 1 aromatic heterocycles. The number of hydrogen-bond acceptors (Lipinski definition) is 3. The summed E-state index contributed by atoms with van der Waals surface area (Å²) in [6.45, 7) is 0. The van der Waals surface area contributed by atoms with Crippen LogP contribution in [0.2, 0.25) is 0 Å². The molecule has 5 heteroatoms. The summed E-state index contributed by atoms with van der Waals surface area (Å²) in [4.78, 5) is 0. The molecule has 2 heterocycles. The smallest absolute Gasteiger partial charge is 0.188 e. The van der Waals surface area contributed by atoms with Crippen LogP contribution < -0.4 is 0 Å². The van der Waals surface area contributed by atoms with Crippen molar-refractivity contribution in [2.45, 2.75) is 16.0 Å². The highest BCUT2D eigenvalue weighted by Gasteiger charge is 2.30. The van der Waals surface area contributed by atoms with Crippen LogP contribution in [0.1, 0.15) is 17.4 Å². The molecule has 1 aliphatic rings. The highest BCUT2D eigenvalue weighted by molar-refractivity contribution is 7.93. The van der Waals surface area contributed by atoms with Crippen LogP contribution in [0.4, 0.5) is 0 Å². The van der Waals surface area contributed by atoms with Gasteiger partial charge in [0.25, 0.3) is 0 Å². The zero-order valence-electron chi connectivity index (χ0n) is 6.16. The minimum Gasteiger partial charge on any atom is -0.223 e. The van der Waals surface area contributed by atoms with Gasteiger partial charge in [-0.2, -0.15) is 0 Å². The van der Waals surface area contributed by atoms with Crippen molar-refractivity contribution in [3.05, 3.63) is 17.0 Å². The van der Waals surface area contributed by atoms with Crippen molar-refractivity contribution in [2.75, 3.05) is 5.75 Å². The molecule has 0 N–H and O–H groups in total. The Morgan fingerprint density at radius 1 is 1.58 bits per heavy atom. The molecule has 0 radical (unpaired) electrons. The van der Waals surface area contributed by atoms with Crippen molar-refractivity contribution < 1.29 is 8.42 Å². The maximum absolute atomic E-state index is 11.4. The molecule has 0 saturated heterocycles. The largest absolute Gasteiger partial charge is 0.223 e. The fourth-order valence-corrected chi connectivity index (χ4v) is 4.84. The van der Waals surface area contributed by atoms with Crippen molar-refractivity contribution in [3.63, 3.8) is 0 Å². The molecule has 0 unspecified atom stereocenters. The van der Waals surface area contributed by atoms with Gasteiger partial charge >= 0.3 is 0 Å². The van der Waals surface area contributed by atoms with Gasteiger partial charge in [-0.3, -0.25) is 0 Å². The van der Waals surface area contributed by atoms with Gasteiger partial charge in [0.05, 0.1) is 11.1 Å². The molecule has 0 fully saturated rings. The van der Waals surface area contributed by atoms with Gasteiger partial charge in [-0.05, 0) is 23.4 Å². The van der Waals surface area contributed by atoms with Crippen LogP contribution in [-0.4, -0.2) is 14.2 Å². The predicted octanol–water partition coefficient (Wildman–Crippen LogP) is 2.21. The number of halogens is 1. The molecule has 1 aromatic rings. The Kier molecular flexibility index (Phi) is 1.93. The topological polar surface area (TPSA) is 34.1 Å². The highest BCUT2D eigenvalue weighted by atomic mass is 35.5. The Labute approximate surface area is 80.1 Å². The molecule has 1 aliphatic heterocycles. The second-order valence-electron chi connectivity index (χ2n) is 2.74. The Hall–Kier alpha value is -0.0600. The summed E-state index contributed by atoms with van der Waals surface area (Å²) in [5.41, 5.74) is 0.785. The fraction of sp³-hybridized carbons (Fsp3) is 0.429. The lowest BCUT2D eigenvalue weighted by Crippen LogP contribution is -2.15. The van der Waals surface area contributed by atoms with Gasteiger partial charge in [-0.1, -0.05) is 0 Å². The van der Waals surface area contributed by atoms with E-state index in [2.05, 4.69) is 0 Å². The van der Waals surface area contributed by atoms with Crippen LogP contribution in [0.15, 0.2) is 15.7 Å². The lowest BCUT2D eigenvalue weighted by molar-refractivity contribution is 0.588. The van der Waals surface area contributed by atoms with Crippen molar-refractivity contribution in [1.29, 1.82) is 0 Å². The van der Waals surface area contributed by atoms with Gasteiger partial charge in [0.2, 0.25) is 0 Å². The summed E-state index contributed by atoms with van der Waals surface area (Å²) in [6, 6.07) is 1.80. The second kappa shape index (κ2) is 2.72. The highest BCUT2D eigenvalue weighted by Crippen LogP contribution is 2.39. The molecule has 0 bridgehead atoms. The minimum absolute atomic E-state index is 0.116. The molecule has 0 saturated carbocycles. The molecule has 66 valence electrons. The van der Waals surface area contributed by atoms with E-state index in [1.54, 1.807) is 11.4 Å². The van der Waals surface area contributed by atoms with Crippen LogP contribution in [0, 0.1) is 0 Å². The van der Waals surface area contributed by atoms with E-state index in [4.69, 9.17) is 11.6 Å². The molecular weight excluding hydrogens is 216 g/mol. The van der Waals surface area contributed by atoms with Crippen LogP contribution in [-0.2, 0) is 9.84 Å². The van der Waals surface area contributed by atoms with Gasteiger partial charge in [0.15, 0.2) is 9.84 Å². The monoisotopic (exact) mass is 222 g/mol. The van der Waals surface area contributed by atoms with Crippen LogP contribution in [0.5, 0.6) is 0 Å². The molecule has 2 nitrogen and oxygen atoms in total. The van der Waals surface area contributed by atoms with E-state index in [0.29, 0.717) is 10.6 Å². The number of alkyl halides is 1. The van der Waals surface area contributed by atoms with E-state index < -0.39 is 9.84 Å². The van der Waals surface area contributed by atoms with Crippen molar-refractivity contribution in [3.8, 4) is 0 Å². The number of thiophene rings is 1. The van der Waals surface area contributed by atoms with Gasteiger partial charge in [-0.25, -0.2) is 8.42 Å². The molecule has 12 heavy (non-hydrogen) atoms. The lowest BCUT2D eigenvalue weighted by Gasteiger charge is -2.16. The molecular formula is C7H7ClO2S2. The predicted molar refractivity (Wildman–Crippen MR) is 49.6 cm³/mol. The summed E-state index contributed by atoms with van der Waals surface area (Å²) in [6.07, 6.45) is 0.535. The van der Waals surface area contributed by atoms with Crippen molar-refractivity contribution in [1.82, 2.24) is 0 Å². The third-order valence-electron chi connectivity index (χ3n) is 1.92. The third kappa shape index (κ3) is 1.18. The fourth-order valence-electron chi connectivity index (χ4n) is 1.30. The van der Waals surface area contributed by atoms with E-state index in [-0.39, 0.29) is 11.1 Å². The normalized spacial score (nSPS) is 26.6. The SMILES string of the molecule is O=S1(=O)CC[C@@H](Cl)c2ccsc21. The Morgan fingerprint density at radius 2 is 2.33 bits per heavy atom. The quantitative estimate of drug-likeness (QED) is 0.631. The van der Waals surface area contributed by atoms with Crippen LogP contribution in [0.25, 0.3) is 0 Å². The third-order valence-corrected chi connectivity index (χ3v) is 5.72. The minimum atomic E-state index is -3.00. The van der Waals surface area contributed by atoms with Gasteiger partial charge in [0, 0.05) is 0 Å². The summed E-state index contributed by atoms with van der Waals surface area (Å²) in [5, 5.41) is 1.66. The first-order valence-corrected chi connectivity index (χ1v) is 6.52. The van der Waals surface area contributed by atoms with E-state index in [1.807, 2.05) is 0 Å². The maximum Gasteiger partial charge on any atom is 0.188 e. The average Bonchev–Trinajstić information content (AvgIpc) is 2.46. The molecule has 2 rings (SSSR count). The van der Waals surface area contributed by atoms with E-state index >= 15 is 0 Å². The first-order valence-electron chi connectivity index (χ1n) is 3.55. The van der Waals surface area contributed by atoms with Crippen LogP contribution in [0.3, 0.4) is 0 Å². The Balaban J connectivity index is 2.65. The Morgan fingerprint density at radius 3 is 3.00 bits per heavy atom. The molecule has 0 aromatic carbocycles. The standard InChI is InChI=1S/C7H7ClO2S2/c8-6-2-4-12(9,10)7-5(6)1-3-11-7/h1,3,6H,2,4H2/t6-/m1/s1. The zero-order chi connectivity index (χ0) is 8.77. The van der Waals surface area contributed by atoms with E-state index in [1.165, 1.54) is 11.3 Å². The number of rotatable bonds is 0. The zero-order valence-corrected chi connectivity index (χ0v) is 8.55. The summed E-state index contributed by atoms with van der Waals surface area (Å²) >= 11 is 7.22. The summed E-state index contributed by atoms with van der Waals surface area (Å²) < 4.78 is 23.3. The number of fused-ring (bicyclic) bond motifs is 1. The van der Waals surface area contributed by atoms with E-state index in [0.717, 1.165) is 5.56 Å². The number of hydrogen-bond donors (Lipinski definition) is 0. The lowest BCUT2D eigenvalue weighted by atomic mass is 10.2. The Bertz CT molecular complexity index is 393. The van der Waals surface area contributed by atoms with Gasteiger partial charge in [0.1, 0.15) is 4.21 Å². The first kappa shape index (κ1) is 8.53. The van der Waals surface area contributed by atoms with Crippen molar-refractivity contribution in [2.24, 2.45) is 0 Å².